The van der Waals surface area contributed by atoms with E-state index in [1.54, 1.807) is 32.2 Å². The molecule has 0 atom stereocenters. The summed E-state index contributed by atoms with van der Waals surface area (Å²) in [6.07, 6.45) is 4.31. The van der Waals surface area contributed by atoms with E-state index < -0.39 is 5.97 Å². The Balaban J connectivity index is 1.78. The number of carbonyl (C=O) groups is 3. The number of H-pyrrole nitrogens is 1. The van der Waals surface area contributed by atoms with Crippen molar-refractivity contribution in [2.45, 2.75) is 52.1 Å². The summed E-state index contributed by atoms with van der Waals surface area (Å²) in [6.45, 7) is 3.05. The number of hydrogen-bond acceptors (Lipinski definition) is 6. The summed E-state index contributed by atoms with van der Waals surface area (Å²) in [4.78, 5) is 39.7. The van der Waals surface area contributed by atoms with Crippen molar-refractivity contribution in [1.29, 1.82) is 0 Å². The van der Waals surface area contributed by atoms with E-state index in [1.807, 2.05) is 0 Å². The van der Waals surface area contributed by atoms with Crippen molar-refractivity contribution < 1.29 is 28.6 Å². The van der Waals surface area contributed by atoms with Gasteiger partial charge in [-0.05, 0) is 50.3 Å². The van der Waals surface area contributed by atoms with Gasteiger partial charge in [0.2, 0.25) is 5.91 Å². The molecule has 1 aromatic carbocycles. The molecular formula is C23H28N2O6. The highest BCUT2D eigenvalue weighted by Gasteiger charge is 2.24. The van der Waals surface area contributed by atoms with Gasteiger partial charge < -0.3 is 24.5 Å². The van der Waals surface area contributed by atoms with Crippen molar-refractivity contribution >= 4 is 23.3 Å². The van der Waals surface area contributed by atoms with Gasteiger partial charge in [-0.2, -0.15) is 0 Å². The van der Waals surface area contributed by atoms with E-state index in [-0.39, 0.29) is 29.8 Å². The summed E-state index contributed by atoms with van der Waals surface area (Å²) in [5.74, 6) is 0.0124. The minimum atomic E-state index is -0.597. The van der Waals surface area contributed by atoms with Crippen molar-refractivity contribution in [3.8, 4) is 11.5 Å². The van der Waals surface area contributed by atoms with Gasteiger partial charge in [0.1, 0.15) is 0 Å². The Kier molecular flexibility index (Phi) is 6.99. The van der Waals surface area contributed by atoms with Crippen LogP contribution in [0.1, 0.15) is 64.7 Å². The van der Waals surface area contributed by atoms with Gasteiger partial charge in [-0.1, -0.05) is 0 Å². The summed E-state index contributed by atoms with van der Waals surface area (Å²) in [5.41, 5.74) is 1.86. The van der Waals surface area contributed by atoms with Gasteiger partial charge in [-0.15, -0.1) is 0 Å². The molecule has 3 rings (SSSR count). The van der Waals surface area contributed by atoms with Crippen LogP contribution in [0.15, 0.2) is 18.2 Å². The smallest absolute Gasteiger partial charge is 0.339 e. The lowest BCUT2D eigenvalue weighted by atomic mass is 10.1. The SMILES string of the molecule is COC(=O)c1c(CC(=O)Nc2ccc(OC)c(OC3CCCC3)c2)[nH]c(C(C)=O)c1C. The summed E-state index contributed by atoms with van der Waals surface area (Å²) in [6, 6.07) is 5.20. The standard InChI is InChI=1S/C23H28N2O6/c1-13-21(23(28)30-4)17(25-22(13)14(2)26)12-20(27)24-15-9-10-18(29-3)19(11-15)31-16-7-5-6-8-16/h9-11,16,25H,5-8,12H2,1-4H3,(H,24,27). The maximum atomic E-state index is 12.7. The minimum Gasteiger partial charge on any atom is -0.493 e. The fourth-order valence-electron chi connectivity index (χ4n) is 3.92. The fourth-order valence-corrected chi connectivity index (χ4v) is 3.92. The molecule has 1 amide bonds. The quantitative estimate of drug-likeness (QED) is 0.489. The van der Waals surface area contributed by atoms with E-state index >= 15 is 0 Å². The number of rotatable bonds is 8. The Bertz CT molecular complexity index is 988. The summed E-state index contributed by atoms with van der Waals surface area (Å²) in [5, 5.41) is 2.82. The highest BCUT2D eigenvalue weighted by Crippen LogP contribution is 2.34. The zero-order chi connectivity index (χ0) is 22.5. The number of ether oxygens (including phenoxy) is 3. The molecule has 0 bridgehead atoms. The highest BCUT2D eigenvalue weighted by atomic mass is 16.5. The second-order valence-electron chi connectivity index (χ2n) is 7.64. The number of carbonyl (C=O) groups excluding carboxylic acids is 3. The third kappa shape index (κ3) is 5.07. The second kappa shape index (κ2) is 9.68. The number of benzene rings is 1. The maximum Gasteiger partial charge on any atom is 0.339 e. The van der Waals surface area contributed by atoms with Gasteiger partial charge in [0.15, 0.2) is 17.3 Å². The topological polar surface area (TPSA) is 107 Å². The molecule has 0 aliphatic heterocycles. The van der Waals surface area contributed by atoms with Crippen LogP contribution in [0, 0.1) is 6.92 Å². The molecule has 0 radical (unpaired) electrons. The predicted molar refractivity (Wildman–Crippen MR) is 115 cm³/mol. The van der Waals surface area contributed by atoms with Gasteiger partial charge in [0.05, 0.1) is 38.0 Å². The Hall–Kier alpha value is -3.29. The summed E-state index contributed by atoms with van der Waals surface area (Å²) < 4.78 is 16.3. The molecule has 2 N–H and O–H groups in total. The van der Waals surface area contributed by atoms with E-state index in [2.05, 4.69) is 10.3 Å². The maximum absolute atomic E-state index is 12.7. The van der Waals surface area contributed by atoms with Crippen molar-refractivity contribution in [3.63, 3.8) is 0 Å². The zero-order valence-corrected chi connectivity index (χ0v) is 18.3. The van der Waals surface area contributed by atoms with Gasteiger partial charge in [0, 0.05) is 24.4 Å². The van der Waals surface area contributed by atoms with Crippen LogP contribution in [-0.2, 0) is 16.0 Å². The molecule has 0 saturated heterocycles. The molecule has 1 heterocycles. The Labute approximate surface area is 181 Å². The number of anilines is 1. The number of aromatic amines is 1. The van der Waals surface area contributed by atoms with Crippen LogP contribution in [-0.4, -0.2) is 43.0 Å². The molecular weight excluding hydrogens is 400 g/mol. The van der Waals surface area contributed by atoms with Crippen LogP contribution in [0.4, 0.5) is 5.69 Å². The van der Waals surface area contributed by atoms with E-state index in [0.717, 1.165) is 25.7 Å². The van der Waals surface area contributed by atoms with E-state index in [9.17, 15) is 14.4 Å². The molecule has 1 aliphatic rings. The van der Waals surface area contributed by atoms with Crippen LogP contribution in [0.2, 0.25) is 0 Å². The number of hydrogen-bond donors (Lipinski definition) is 2. The lowest BCUT2D eigenvalue weighted by molar-refractivity contribution is -0.115. The first-order chi connectivity index (χ1) is 14.8. The van der Waals surface area contributed by atoms with Crippen LogP contribution >= 0.6 is 0 Å². The first-order valence-electron chi connectivity index (χ1n) is 10.3. The Morgan fingerprint density at radius 2 is 1.84 bits per heavy atom. The third-order valence-electron chi connectivity index (χ3n) is 5.45. The molecule has 31 heavy (non-hydrogen) atoms. The zero-order valence-electron chi connectivity index (χ0n) is 18.3. The van der Waals surface area contributed by atoms with Gasteiger partial charge in [-0.25, -0.2) is 4.79 Å². The summed E-state index contributed by atoms with van der Waals surface area (Å²) >= 11 is 0. The molecule has 2 aromatic rings. The van der Waals surface area contributed by atoms with Crippen molar-refractivity contribution in [1.82, 2.24) is 4.98 Å². The second-order valence-corrected chi connectivity index (χ2v) is 7.64. The Morgan fingerprint density at radius 3 is 2.45 bits per heavy atom. The molecule has 8 heteroatoms. The number of esters is 1. The number of methoxy groups -OCH3 is 2. The van der Waals surface area contributed by atoms with Gasteiger partial charge >= 0.3 is 5.97 Å². The largest absolute Gasteiger partial charge is 0.493 e. The number of aromatic nitrogens is 1. The molecule has 0 unspecified atom stereocenters. The van der Waals surface area contributed by atoms with E-state index in [4.69, 9.17) is 14.2 Å². The van der Waals surface area contributed by atoms with Crippen molar-refractivity contribution in [3.05, 3.63) is 40.7 Å². The predicted octanol–water partition coefficient (Wildman–Crippen LogP) is 3.82. The lowest BCUT2D eigenvalue weighted by Gasteiger charge is -2.17. The van der Waals surface area contributed by atoms with Crippen molar-refractivity contribution in [2.24, 2.45) is 0 Å². The Morgan fingerprint density at radius 1 is 1.13 bits per heavy atom. The molecule has 0 spiro atoms. The average molecular weight is 428 g/mol. The molecule has 1 aromatic heterocycles. The number of ketones is 1. The van der Waals surface area contributed by atoms with Crippen molar-refractivity contribution in [2.75, 3.05) is 19.5 Å². The molecule has 1 fully saturated rings. The lowest BCUT2D eigenvalue weighted by Crippen LogP contribution is -2.17. The minimum absolute atomic E-state index is 0.122. The molecule has 8 nitrogen and oxygen atoms in total. The van der Waals surface area contributed by atoms with Gasteiger partial charge in [0.25, 0.3) is 0 Å². The average Bonchev–Trinajstić information content (AvgIpc) is 3.35. The van der Waals surface area contributed by atoms with Crippen LogP contribution in [0.5, 0.6) is 11.5 Å². The monoisotopic (exact) mass is 428 g/mol. The van der Waals surface area contributed by atoms with E-state index in [0.29, 0.717) is 34.1 Å². The summed E-state index contributed by atoms with van der Waals surface area (Å²) in [7, 11) is 2.83. The number of Topliss-reactive ketones (excluding diaryl/α,β-unsaturated/α-hetero) is 1. The van der Waals surface area contributed by atoms with Crippen LogP contribution in [0.25, 0.3) is 0 Å². The van der Waals surface area contributed by atoms with Crippen LogP contribution in [0.3, 0.4) is 0 Å². The van der Waals surface area contributed by atoms with Gasteiger partial charge in [-0.3, -0.25) is 9.59 Å². The highest BCUT2D eigenvalue weighted by molar-refractivity contribution is 6.02. The van der Waals surface area contributed by atoms with E-state index in [1.165, 1.54) is 14.0 Å². The molecule has 1 saturated carbocycles. The molecule has 166 valence electrons. The first-order valence-corrected chi connectivity index (χ1v) is 10.3. The fraction of sp³-hybridized carbons (Fsp3) is 0.435. The molecule has 1 aliphatic carbocycles. The number of nitrogens with one attached hydrogen (secondary N) is 2. The third-order valence-corrected chi connectivity index (χ3v) is 5.45. The van der Waals surface area contributed by atoms with Crippen LogP contribution < -0.4 is 14.8 Å². The first kappa shape index (κ1) is 22.4. The normalized spacial score (nSPS) is 13.7. The number of amides is 1.